The van der Waals surface area contributed by atoms with E-state index in [0.717, 1.165) is 37.6 Å². The Labute approximate surface area is 109 Å². The highest BCUT2D eigenvalue weighted by Gasteiger charge is 2.23. The summed E-state index contributed by atoms with van der Waals surface area (Å²) in [4.78, 5) is 16.3. The highest BCUT2D eigenvalue weighted by Crippen LogP contribution is 2.31. The van der Waals surface area contributed by atoms with Gasteiger partial charge in [-0.1, -0.05) is 19.1 Å². The van der Waals surface area contributed by atoms with Crippen molar-refractivity contribution in [2.75, 3.05) is 43.0 Å². The van der Waals surface area contributed by atoms with Gasteiger partial charge in [-0.05, 0) is 18.7 Å². The summed E-state index contributed by atoms with van der Waals surface area (Å²) in [6.07, 6.45) is 0.561. The van der Waals surface area contributed by atoms with E-state index in [1.807, 2.05) is 23.1 Å². The molecule has 1 heterocycles. The van der Waals surface area contributed by atoms with Crippen LogP contribution in [0.3, 0.4) is 0 Å². The first-order valence-corrected chi connectivity index (χ1v) is 6.55. The van der Waals surface area contributed by atoms with Crippen LogP contribution < -0.4 is 15.1 Å². The number of nitrogens with zero attached hydrogens (tertiary/aromatic N) is 2. The first-order valence-electron chi connectivity index (χ1n) is 6.55. The molecule has 0 saturated carbocycles. The fraction of sp³-hybridized carbons (Fsp3) is 0.500. The summed E-state index contributed by atoms with van der Waals surface area (Å²) in [5.74, 6) is 0.205. The Hall–Kier alpha value is -1.55. The SMILES string of the molecule is CCNCCC(=O)N1CCN(C)c2ccccc21. The molecule has 1 amide bonds. The second kappa shape index (κ2) is 5.87. The van der Waals surface area contributed by atoms with Crippen LogP contribution in [0.1, 0.15) is 13.3 Å². The van der Waals surface area contributed by atoms with E-state index in [-0.39, 0.29) is 5.91 Å². The van der Waals surface area contributed by atoms with Crippen molar-refractivity contribution in [2.45, 2.75) is 13.3 Å². The molecule has 1 aromatic rings. The van der Waals surface area contributed by atoms with Crippen LogP contribution >= 0.6 is 0 Å². The molecule has 0 bridgehead atoms. The third-order valence-electron chi connectivity index (χ3n) is 3.31. The molecule has 18 heavy (non-hydrogen) atoms. The van der Waals surface area contributed by atoms with Crippen LogP contribution in [0.15, 0.2) is 24.3 Å². The molecule has 0 aliphatic carbocycles. The number of carbonyl (C=O) groups is 1. The maximum Gasteiger partial charge on any atom is 0.228 e. The van der Waals surface area contributed by atoms with Gasteiger partial charge in [0.2, 0.25) is 5.91 Å². The van der Waals surface area contributed by atoms with Gasteiger partial charge in [0.1, 0.15) is 0 Å². The van der Waals surface area contributed by atoms with E-state index in [1.165, 1.54) is 0 Å². The fourth-order valence-electron chi connectivity index (χ4n) is 2.27. The molecule has 4 heteroatoms. The van der Waals surface area contributed by atoms with Gasteiger partial charge in [0.25, 0.3) is 0 Å². The number of hydrogen-bond acceptors (Lipinski definition) is 3. The number of fused-ring (bicyclic) bond motifs is 1. The summed E-state index contributed by atoms with van der Waals surface area (Å²) in [6, 6.07) is 8.10. The van der Waals surface area contributed by atoms with Crippen LogP contribution in [0.4, 0.5) is 11.4 Å². The van der Waals surface area contributed by atoms with Crippen molar-refractivity contribution in [2.24, 2.45) is 0 Å². The smallest absolute Gasteiger partial charge is 0.228 e. The lowest BCUT2D eigenvalue weighted by molar-refractivity contribution is -0.118. The Morgan fingerprint density at radius 1 is 1.28 bits per heavy atom. The summed E-state index contributed by atoms with van der Waals surface area (Å²) in [5.41, 5.74) is 2.17. The first kappa shape index (κ1) is 12.9. The summed E-state index contributed by atoms with van der Waals surface area (Å²) < 4.78 is 0. The van der Waals surface area contributed by atoms with Gasteiger partial charge in [0, 0.05) is 33.1 Å². The third-order valence-corrected chi connectivity index (χ3v) is 3.31. The van der Waals surface area contributed by atoms with Crippen molar-refractivity contribution in [1.29, 1.82) is 0 Å². The summed E-state index contributed by atoms with van der Waals surface area (Å²) in [6.45, 7) is 5.38. The minimum absolute atomic E-state index is 0.205. The van der Waals surface area contributed by atoms with Crippen molar-refractivity contribution >= 4 is 17.3 Å². The van der Waals surface area contributed by atoms with Gasteiger partial charge < -0.3 is 15.1 Å². The van der Waals surface area contributed by atoms with Gasteiger partial charge in [-0.3, -0.25) is 4.79 Å². The second-order valence-electron chi connectivity index (χ2n) is 4.56. The van der Waals surface area contributed by atoms with E-state index in [0.29, 0.717) is 6.42 Å². The molecule has 0 aromatic heterocycles. The fourth-order valence-corrected chi connectivity index (χ4v) is 2.27. The maximum atomic E-state index is 12.2. The summed E-state index contributed by atoms with van der Waals surface area (Å²) >= 11 is 0. The normalized spacial score (nSPS) is 14.6. The van der Waals surface area contributed by atoms with Crippen molar-refractivity contribution in [3.8, 4) is 0 Å². The van der Waals surface area contributed by atoms with Crippen molar-refractivity contribution in [3.05, 3.63) is 24.3 Å². The predicted molar refractivity (Wildman–Crippen MR) is 75.2 cm³/mol. The number of anilines is 2. The van der Waals surface area contributed by atoms with E-state index >= 15 is 0 Å². The Balaban J connectivity index is 2.11. The molecule has 98 valence electrons. The topological polar surface area (TPSA) is 35.6 Å². The van der Waals surface area contributed by atoms with E-state index < -0.39 is 0 Å². The van der Waals surface area contributed by atoms with Crippen LogP contribution in [0.2, 0.25) is 0 Å². The molecule has 0 radical (unpaired) electrons. The van der Waals surface area contributed by atoms with Gasteiger partial charge in [0.15, 0.2) is 0 Å². The minimum Gasteiger partial charge on any atom is -0.371 e. The van der Waals surface area contributed by atoms with Gasteiger partial charge in [-0.25, -0.2) is 0 Å². The Kier molecular flexibility index (Phi) is 4.20. The number of nitrogens with one attached hydrogen (secondary N) is 1. The molecule has 1 aliphatic rings. The quantitative estimate of drug-likeness (QED) is 0.818. The lowest BCUT2D eigenvalue weighted by atomic mass is 10.1. The summed E-state index contributed by atoms with van der Waals surface area (Å²) in [7, 11) is 2.07. The maximum absolute atomic E-state index is 12.2. The largest absolute Gasteiger partial charge is 0.371 e. The zero-order valence-corrected chi connectivity index (χ0v) is 11.1. The van der Waals surface area contributed by atoms with Crippen LogP contribution in [0.5, 0.6) is 0 Å². The molecule has 2 rings (SSSR count). The van der Waals surface area contributed by atoms with E-state index in [1.54, 1.807) is 0 Å². The van der Waals surface area contributed by atoms with Gasteiger partial charge in [-0.2, -0.15) is 0 Å². The third kappa shape index (κ3) is 2.64. The number of para-hydroxylation sites is 2. The van der Waals surface area contributed by atoms with Gasteiger partial charge in [-0.15, -0.1) is 0 Å². The Bertz CT molecular complexity index is 419. The van der Waals surface area contributed by atoms with Crippen molar-refractivity contribution in [1.82, 2.24) is 5.32 Å². The van der Waals surface area contributed by atoms with Crippen LogP contribution in [-0.4, -0.2) is 39.1 Å². The molecule has 1 N–H and O–H groups in total. The molecular formula is C14H21N3O. The number of carbonyl (C=O) groups excluding carboxylic acids is 1. The van der Waals surface area contributed by atoms with Crippen LogP contribution in [0, 0.1) is 0 Å². The summed E-state index contributed by atoms with van der Waals surface area (Å²) in [5, 5.41) is 3.19. The predicted octanol–water partition coefficient (Wildman–Crippen LogP) is 1.47. The lowest BCUT2D eigenvalue weighted by Gasteiger charge is -2.35. The Morgan fingerprint density at radius 3 is 2.72 bits per heavy atom. The number of benzene rings is 1. The number of rotatable bonds is 4. The molecule has 0 fully saturated rings. The molecule has 1 aliphatic heterocycles. The Morgan fingerprint density at radius 2 is 2.00 bits per heavy atom. The highest BCUT2D eigenvalue weighted by molar-refractivity contribution is 5.97. The average molecular weight is 247 g/mol. The van der Waals surface area contributed by atoms with Crippen LogP contribution in [0.25, 0.3) is 0 Å². The molecule has 0 saturated heterocycles. The second-order valence-corrected chi connectivity index (χ2v) is 4.56. The molecular weight excluding hydrogens is 226 g/mol. The van der Waals surface area contributed by atoms with Crippen molar-refractivity contribution < 1.29 is 4.79 Å². The zero-order valence-electron chi connectivity index (χ0n) is 11.1. The zero-order chi connectivity index (χ0) is 13.0. The number of likely N-dealkylation sites (N-methyl/N-ethyl adjacent to an activating group) is 1. The van der Waals surface area contributed by atoms with Crippen LogP contribution in [-0.2, 0) is 4.79 Å². The lowest BCUT2D eigenvalue weighted by Crippen LogP contribution is -2.43. The molecule has 0 atom stereocenters. The van der Waals surface area contributed by atoms with E-state index in [9.17, 15) is 4.79 Å². The molecule has 0 spiro atoms. The van der Waals surface area contributed by atoms with Crippen molar-refractivity contribution in [3.63, 3.8) is 0 Å². The number of amides is 1. The monoisotopic (exact) mass is 247 g/mol. The first-order chi connectivity index (χ1) is 8.74. The molecule has 1 aromatic carbocycles. The standard InChI is InChI=1S/C14H21N3O/c1-3-15-9-8-14(18)17-11-10-16(2)12-6-4-5-7-13(12)17/h4-7,15H,3,8-11H2,1-2H3. The molecule has 0 unspecified atom stereocenters. The minimum atomic E-state index is 0.205. The average Bonchev–Trinajstić information content (AvgIpc) is 2.39. The molecule has 4 nitrogen and oxygen atoms in total. The number of hydrogen-bond donors (Lipinski definition) is 1. The highest BCUT2D eigenvalue weighted by atomic mass is 16.2. The van der Waals surface area contributed by atoms with E-state index in [4.69, 9.17) is 0 Å². The van der Waals surface area contributed by atoms with Gasteiger partial charge >= 0.3 is 0 Å². The van der Waals surface area contributed by atoms with Gasteiger partial charge in [0.05, 0.1) is 11.4 Å². The van der Waals surface area contributed by atoms with E-state index in [2.05, 4.69) is 30.3 Å².